The van der Waals surface area contributed by atoms with E-state index in [0.29, 0.717) is 25.1 Å². The normalized spacial score (nSPS) is 10.8. The number of nitrogens with two attached hydrogens (primary N) is 1. The number of terminal acetylenes is 2. The highest BCUT2D eigenvalue weighted by Gasteiger charge is 2.18. The van der Waals surface area contributed by atoms with Gasteiger partial charge in [0.1, 0.15) is 0 Å². The summed E-state index contributed by atoms with van der Waals surface area (Å²) >= 11 is 0. The molecule has 0 aliphatic heterocycles. The van der Waals surface area contributed by atoms with E-state index in [9.17, 15) is 14.4 Å². The Morgan fingerprint density at radius 2 is 2.00 bits per heavy atom. The van der Waals surface area contributed by atoms with E-state index in [2.05, 4.69) is 27.8 Å². The molecular formula is C22H29N5O4. The Labute approximate surface area is 183 Å². The molecule has 1 atom stereocenters. The summed E-state index contributed by atoms with van der Waals surface area (Å²) in [5.74, 6) is 4.45. The zero-order chi connectivity index (χ0) is 23.2. The number of ether oxygens (including phenoxy) is 1. The number of hydrogen-bond acceptors (Lipinski definition) is 5. The summed E-state index contributed by atoms with van der Waals surface area (Å²) in [5.41, 5.74) is 7.34. The minimum absolute atomic E-state index is 0.0561. The lowest BCUT2D eigenvalue weighted by molar-refractivity contribution is -0.118. The van der Waals surface area contributed by atoms with E-state index in [1.54, 1.807) is 19.2 Å². The topological polar surface area (TPSA) is 126 Å². The molecule has 0 spiro atoms. The third-order valence-electron chi connectivity index (χ3n) is 4.43. The van der Waals surface area contributed by atoms with Gasteiger partial charge in [-0.05, 0) is 50.1 Å². The predicted octanol–water partition coefficient (Wildman–Crippen LogP) is 1.18. The SMILES string of the molecule is C#CCOC(=O)N(CC#C)Cc1cc(NC(=O)C(CCCNC(N)=O)NC)ccc1C. The molecule has 9 heteroatoms. The van der Waals surface area contributed by atoms with Gasteiger partial charge in [0.25, 0.3) is 0 Å². The number of likely N-dealkylation sites (N-methyl/N-ethyl adjacent to an activating group) is 1. The first-order valence-corrected chi connectivity index (χ1v) is 9.72. The number of nitrogens with zero attached hydrogens (tertiary/aromatic N) is 1. The first kappa shape index (κ1) is 25.3. The maximum Gasteiger partial charge on any atom is 0.411 e. The number of amides is 4. The highest BCUT2D eigenvalue weighted by molar-refractivity contribution is 5.94. The lowest BCUT2D eigenvalue weighted by Gasteiger charge is -2.21. The Bertz CT molecular complexity index is 856. The van der Waals surface area contributed by atoms with Crippen molar-refractivity contribution in [1.82, 2.24) is 15.5 Å². The minimum atomic E-state index is -0.607. The van der Waals surface area contributed by atoms with Gasteiger partial charge in [-0.15, -0.1) is 12.8 Å². The summed E-state index contributed by atoms with van der Waals surface area (Å²) < 4.78 is 4.96. The van der Waals surface area contributed by atoms with Crippen LogP contribution in [0.5, 0.6) is 0 Å². The van der Waals surface area contributed by atoms with Gasteiger partial charge in [-0.1, -0.05) is 17.9 Å². The van der Waals surface area contributed by atoms with Crippen LogP contribution in [0.1, 0.15) is 24.0 Å². The molecule has 0 saturated carbocycles. The van der Waals surface area contributed by atoms with Crippen LogP contribution in [0.15, 0.2) is 18.2 Å². The van der Waals surface area contributed by atoms with Crippen LogP contribution in [0.25, 0.3) is 0 Å². The van der Waals surface area contributed by atoms with Crippen molar-refractivity contribution in [1.29, 1.82) is 0 Å². The summed E-state index contributed by atoms with van der Waals surface area (Å²) in [6, 6.07) is 4.36. The number of hydrogen-bond donors (Lipinski definition) is 4. The van der Waals surface area contributed by atoms with Gasteiger partial charge < -0.3 is 26.4 Å². The van der Waals surface area contributed by atoms with Crippen molar-refractivity contribution in [3.8, 4) is 24.7 Å². The fourth-order valence-corrected chi connectivity index (χ4v) is 2.77. The van der Waals surface area contributed by atoms with Crippen LogP contribution in [0.3, 0.4) is 0 Å². The molecule has 31 heavy (non-hydrogen) atoms. The van der Waals surface area contributed by atoms with Crippen LogP contribution >= 0.6 is 0 Å². The molecule has 1 unspecified atom stereocenters. The standard InChI is InChI=1S/C22H29N5O4/c1-5-12-27(22(30)31-13-6-2)15-17-14-18(10-9-16(17)3)26-20(28)19(24-4)8-7-11-25-21(23)29/h1-2,9-10,14,19,24H,7-8,11-13,15H2,3-4H3,(H,26,28)(H3,23,25,29). The maximum atomic E-state index is 12.6. The Hall–Kier alpha value is -3.69. The zero-order valence-corrected chi connectivity index (χ0v) is 17.9. The molecule has 9 nitrogen and oxygen atoms in total. The second-order valence-corrected chi connectivity index (χ2v) is 6.72. The minimum Gasteiger partial charge on any atom is -0.436 e. The fourth-order valence-electron chi connectivity index (χ4n) is 2.77. The van der Waals surface area contributed by atoms with Gasteiger partial charge in [-0.3, -0.25) is 9.69 Å². The van der Waals surface area contributed by atoms with Gasteiger partial charge in [0.2, 0.25) is 5.91 Å². The van der Waals surface area contributed by atoms with Crippen LogP contribution in [-0.2, 0) is 16.1 Å². The smallest absolute Gasteiger partial charge is 0.411 e. The number of aryl methyl sites for hydroxylation is 1. The van der Waals surface area contributed by atoms with Gasteiger partial charge in [-0.2, -0.15) is 0 Å². The van der Waals surface area contributed by atoms with Crippen LogP contribution in [0.4, 0.5) is 15.3 Å². The summed E-state index contributed by atoms with van der Waals surface area (Å²) in [5, 5.41) is 8.31. The van der Waals surface area contributed by atoms with Gasteiger partial charge >= 0.3 is 12.1 Å². The molecule has 1 aromatic rings. The third-order valence-corrected chi connectivity index (χ3v) is 4.43. The van der Waals surface area contributed by atoms with Crippen molar-refractivity contribution in [3.63, 3.8) is 0 Å². The lowest BCUT2D eigenvalue weighted by Crippen LogP contribution is -2.39. The molecule has 5 N–H and O–H groups in total. The van der Waals surface area contributed by atoms with E-state index in [1.807, 2.05) is 13.0 Å². The van der Waals surface area contributed by atoms with Crippen LogP contribution in [0, 0.1) is 31.6 Å². The van der Waals surface area contributed by atoms with Crippen molar-refractivity contribution in [2.24, 2.45) is 5.73 Å². The van der Waals surface area contributed by atoms with Gasteiger partial charge in [-0.25, -0.2) is 9.59 Å². The first-order chi connectivity index (χ1) is 14.8. The second kappa shape index (κ2) is 13.5. The number of nitrogens with one attached hydrogen (secondary N) is 3. The Balaban J connectivity index is 2.82. The Morgan fingerprint density at radius 1 is 1.26 bits per heavy atom. The molecule has 0 bridgehead atoms. The third kappa shape index (κ3) is 9.11. The average molecular weight is 428 g/mol. The summed E-state index contributed by atoms with van der Waals surface area (Å²) in [6.07, 6.45) is 11.0. The van der Waals surface area contributed by atoms with E-state index >= 15 is 0 Å². The summed E-state index contributed by atoms with van der Waals surface area (Å²) in [7, 11) is 1.69. The zero-order valence-electron chi connectivity index (χ0n) is 17.9. The highest BCUT2D eigenvalue weighted by atomic mass is 16.6. The quantitative estimate of drug-likeness (QED) is 0.312. The van der Waals surface area contributed by atoms with Gasteiger partial charge in [0, 0.05) is 12.2 Å². The molecule has 0 aliphatic rings. The van der Waals surface area contributed by atoms with Crippen LogP contribution in [-0.4, -0.2) is 55.7 Å². The molecule has 0 heterocycles. The number of benzene rings is 1. The van der Waals surface area contributed by atoms with Gasteiger partial charge in [0.15, 0.2) is 6.61 Å². The number of primary amides is 1. The molecule has 0 fully saturated rings. The second-order valence-electron chi connectivity index (χ2n) is 6.72. The van der Waals surface area contributed by atoms with Crippen molar-refractivity contribution in [2.45, 2.75) is 32.4 Å². The molecule has 1 rings (SSSR count). The molecule has 0 aromatic heterocycles. The molecule has 0 radical (unpaired) electrons. The largest absolute Gasteiger partial charge is 0.436 e. The number of carbonyl (C=O) groups excluding carboxylic acids is 3. The molecule has 1 aromatic carbocycles. The predicted molar refractivity (Wildman–Crippen MR) is 119 cm³/mol. The fraction of sp³-hybridized carbons (Fsp3) is 0.409. The lowest BCUT2D eigenvalue weighted by atomic mass is 10.1. The van der Waals surface area contributed by atoms with Crippen molar-refractivity contribution in [2.75, 3.05) is 32.1 Å². The molecule has 0 saturated heterocycles. The van der Waals surface area contributed by atoms with E-state index < -0.39 is 18.2 Å². The molecule has 0 aliphatic carbocycles. The Morgan fingerprint density at radius 3 is 2.61 bits per heavy atom. The van der Waals surface area contributed by atoms with Gasteiger partial charge in [0.05, 0.1) is 19.1 Å². The molecular weight excluding hydrogens is 398 g/mol. The highest BCUT2D eigenvalue weighted by Crippen LogP contribution is 2.18. The summed E-state index contributed by atoms with van der Waals surface area (Å²) in [6.45, 7) is 2.40. The monoisotopic (exact) mass is 427 g/mol. The number of rotatable bonds is 11. The number of carbonyl (C=O) groups is 3. The van der Waals surface area contributed by atoms with E-state index in [-0.39, 0.29) is 25.6 Å². The summed E-state index contributed by atoms with van der Waals surface area (Å²) in [4.78, 5) is 36.8. The number of anilines is 1. The van der Waals surface area contributed by atoms with Crippen molar-refractivity contribution >= 4 is 23.7 Å². The average Bonchev–Trinajstić information content (AvgIpc) is 2.73. The van der Waals surface area contributed by atoms with E-state index in [0.717, 1.165) is 11.1 Å². The molecule has 166 valence electrons. The van der Waals surface area contributed by atoms with Crippen molar-refractivity contribution in [3.05, 3.63) is 29.3 Å². The first-order valence-electron chi connectivity index (χ1n) is 9.72. The van der Waals surface area contributed by atoms with E-state index in [4.69, 9.17) is 23.3 Å². The Kier molecular flexibility index (Phi) is 11.1. The molecule has 4 amide bonds. The number of urea groups is 1. The maximum absolute atomic E-state index is 12.6. The van der Waals surface area contributed by atoms with E-state index in [1.165, 1.54) is 4.90 Å². The van der Waals surface area contributed by atoms with Crippen LogP contribution < -0.4 is 21.7 Å². The van der Waals surface area contributed by atoms with Crippen molar-refractivity contribution < 1.29 is 19.1 Å². The van der Waals surface area contributed by atoms with Crippen LogP contribution in [0.2, 0.25) is 0 Å².